The highest BCUT2D eigenvalue weighted by molar-refractivity contribution is 7.89. The smallest absolute Gasteiger partial charge is 0.318 e. The summed E-state index contributed by atoms with van der Waals surface area (Å²) in [4.78, 5) is 10.9. The molecule has 0 saturated heterocycles. The Labute approximate surface area is 133 Å². The van der Waals surface area contributed by atoms with E-state index in [1.54, 1.807) is 0 Å². The van der Waals surface area contributed by atoms with Gasteiger partial charge in [0, 0.05) is 16.1 Å². The van der Waals surface area contributed by atoms with Gasteiger partial charge in [-0.05, 0) is 31.0 Å². The van der Waals surface area contributed by atoms with Crippen molar-refractivity contribution in [2.24, 2.45) is 0 Å². The minimum absolute atomic E-state index is 0.0758. The Bertz CT molecular complexity index is 621. The van der Waals surface area contributed by atoms with Gasteiger partial charge in [0.2, 0.25) is 10.0 Å². The lowest BCUT2D eigenvalue weighted by molar-refractivity contribution is -0.137. The van der Waals surface area contributed by atoms with Gasteiger partial charge in [-0.15, -0.1) is 0 Å². The number of carboxylic acids is 1. The Kier molecular flexibility index (Phi) is 5.14. The number of carbonyl (C=O) groups is 1. The average Bonchev–Trinajstić information content (AvgIpc) is 2.87. The highest BCUT2D eigenvalue weighted by atomic mass is 35.5. The van der Waals surface area contributed by atoms with E-state index < -0.39 is 22.5 Å². The SMILES string of the molecule is O=C(O)CN(C1CCCC1)S(=O)(=O)c1cc(Cl)cc(Cl)c1. The number of benzene rings is 1. The minimum Gasteiger partial charge on any atom is -0.480 e. The lowest BCUT2D eigenvalue weighted by atomic mass is 10.2. The van der Waals surface area contributed by atoms with Crippen molar-refractivity contribution in [2.45, 2.75) is 36.6 Å². The summed E-state index contributed by atoms with van der Waals surface area (Å²) in [6.45, 7) is -0.558. The van der Waals surface area contributed by atoms with E-state index in [0.29, 0.717) is 12.8 Å². The molecule has 0 atom stereocenters. The predicted molar refractivity (Wildman–Crippen MR) is 80.2 cm³/mol. The fraction of sp³-hybridized carbons (Fsp3) is 0.462. The van der Waals surface area contributed by atoms with E-state index in [2.05, 4.69) is 0 Å². The van der Waals surface area contributed by atoms with Crippen LogP contribution in [0.15, 0.2) is 23.1 Å². The first-order valence-corrected chi connectivity index (χ1v) is 8.70. The van der Waals surface area contributed by atoms with E-state index in [1.165, 1.54) is 18.2 Å². The Morgan fingerprint density at radius 2 is 1.71 bits per heavy atom. The van der Waals surface area contributed by atoms with Crippen LogP contribution < -0.4 is 0 Å². The van der Waals surface area contributed by atoms with Crippen LogP contribution in [0.4, 0.5) is 0 Å². The molecule has 1 saturated carbocycles. The summed E-state index contributed by atoms with van der Waals surface area (Å²) in [5.41, 5.74) is 0. The molecule has 0 radical (unpaired) electrons. The summed E-state index contributed by atoms with van der Waals surface area (Å²) in [7, 11) is -3.94. The highest BCUT2D eigenvalue weighted by Gasteiger charge is 2.35. The van der Waals surface area contributed by atoms with Crippen LogP contribution >= 0.6 is 23.2 Å². The van der Waals surface area contributed by atoms with Gasteiger partial charge in [0.05, 0.1) is 4.90 Å². The quantitative estimate of drug-likeness (QED) is 0.884. The Hall–Kier alpha value is -0.820. The Morgan fingerprint density at radius 3 is 2.19 bits per heavy atom. The lowest BCUT2D eigenvalue weighted by Gasteiger charge is -2.26. The third kappa shape index (κ3) is 3.88. The minimum atomic E-state index is -3.94. The standard InChI is InChI=1S/C13H15Cl2NO4S/c14-9-5-10(15)7-12(6-9)21(19,20)16(8-13(17)18)11-3-1-2-4-11/h5-7,11H,1-4,8H2,(H,17,18). The van der Waals surface area contributed by atoms with Gasteiger partial charge in [-0.25, -0.2) is 8.42 Å². The fourth-order valence-electron chi connectivity index (χ4n) is 2.55. The van der Waals surface area contributed by atoms with E-state index in [-0.39, 0.29) is 21.0 Å². The molecule has 116 valence electrons. The Balaban J connectivity index is 2.42. The van der Waals surface area contributed by atoms with E-state index in [0.717, 1.165) is 17.1 Å². The Morgan fingerprint density at radius 1 is 1.19 bits per heavy atom. The topological polar surface area (TPSA) is 74.7 Å². The molecule has 8 heteroatoms. The van der Waals surface area contributed by atoms with E-state index >= 15 is 0 Å². The zero-order valence-electron chi connectivity index (χ0n) is 11.1. The van der Waals surface area contributed by atoms with Gasteiger partial charge in [0.25, 0.3) is 0 Å². The van der Waals surface area contributed by atoms with Crippen molar-refractivity contribution in [3.63, 3.8) is 0 Å². The number of hydrogen-bond donors (Lipinski definition) is 1. The monoisotopic (exact) mass is 351 g/mol. The molecular formula is C13H15Cl2NO4S. The molecule has 1 aliphatic carbocycles. The average molecular weight is 352 g/mol. The first kappa shape index (κ1) is 16.5. The highest BCUT2D eigenvalue weighted by Crippen LogP contribution is 2.30. The molecule has 2 rings (SSSR count). The first-order valence-electron chi connectivity index (χ1n) is 6.50. The molecule has 1 N–H and O–H groups in total. The molecule has 21 heavy (non-hydrogen) atoms. The number of nitrogens with zero attached hydrogens (tertiary/aromatic N) is 1. The number of hydrogen-bond acceptors (Lipinski definition) is 3. The van der Waals surface area contributed by atoms with Crippen molar-refractivity contribution in [1.29, 1.82) is 0 Å². The molecule has 1 aliphatic rings. The third-order valence-corrected chi connectivity index (χ3v) is 5.78. The second-order valence-electron chi connectivity index (χ2n) is 4.99. The van der Waals surface area contributed by atoms with Gasteiger partial charge in [-0.3, -0.25) is 4.79 Å². The maximum atomic E-state index is 12.7. The van der Waals surface area contributed by atoms with Crippen molar-refractivity contribution in [3.8, 4) is 0 Å². The largest absolute Gasteiger partial charge is 0.480 e. The molecule has 5 nitrogen and oxygen atoms in total. The summed E-state index contributed by atoms with van der Waals surface area (Å²) in [6, 6.07) is 3.71. The van der Waals surface area contributed by atoms with E-state index in [1.807, 2.05) is 0 Å². The fourth-order valence-corrected chi connectivity index (χ4v) is 4.91. The van der Waals surface area contributed by atoms with Crippen LogP contribution in [0, 0.1) is 0 Å². The van der Waals surface area contributed by atoms with Gasteiger partial charge in [-0.2, -0.15) is 4.31 Å². The molecule has 0 aliphatic heterocycles. The van der Waals surface area contributed by atoms with Gasteiger partial charge in [0.1, 0.15) is 6.54 Å². The van der Waals surface area contributed by atoms with Crippen molar-refractivity contribution in [3.05, 3.63) is 28.2 Å². The number of aliphatic carboxylic acids is 1. The molecule has 0 aromatic heterocycles. The summed E-state index contributed by atoms with van der Waals surface area (Å²) < 4.78 is 26.5. The molecule has 1 fully saturated rings. The second-order valence-corrected chi connectivity index (χ2v) is 7.75. The van der Waals surface area contributed by atoms with Crippen LogP contribution in [0.3, 0.4) is 0 Å². The number of carboxylic acid groups (broad SMARTS) is 1. The van der Waals surface area contributed by atoms with Crippen LogP contribution in [0.25, 0.3) is 0 Å². The van der Waals surface area contributed by atoms with Gasteiger partial charge < -0.3 is 5.11 Å². The molecule has 0 heterocycles. The number of halogens is 2. The molecular weight excluding hydrogens is 337 g/mol. The van der Waals surface area contributed by atoms with E-state index in [9.17, 15) is 13.2 Å². The normalized spacial score (nSPS) is 16.5. The maximum Gasteiger partial charge on any atom is 0.318 e. The second kappa shape index (κ2) is 6.52. The van der Waals surface area contributed by atoms with Gasteiger partial charge in [-0.1, -0.05) is 36.0 Å². The summed E-state index contributed by atoms with van der Waals surface area (Å²) in [5.74, 6) is -1.18. The predicted octanol–water partition coefficient (Wildman–Crippen LogP) is 3.01. The van der Waals surface area contributed by atoms with Crippen molar-refractivity contribution in [1.82, 2.24) is 4.31 Å². The van der Waals surface area contributed by atoms with Crippen LogP contribution in [-0.2, 0) is 14.8 Å². The van der Waals surface area contributed by atoms with Crippen LogP contribution in [0.5, 0.6) is 0 Å². The molecule has 0 amide bonds. The van der Waals surface area contributed by atoms with Crippen LogP contribution in [-0.4, -0.2) is 36.4 Å². The van der Waals surface area contributed by atoms with Gasteiger partial charge >= 0.3 is 5.97 Å². The summed E-state index contributed by atoms with van der Waals surface area (Å²) in [5, 5.41) is 9.40. The van der Waals surface area contributed by atoms with E-state index in [4.69, 9.17) is 28.3 Å². The summed E-state index contributed by atoms with van der Waals surface area (Å²) in [6.07, 6.45) is 3.13. The molecule has 0 unspecified atom stereocenters. The first-order chi connectivity index (χ1) is 9.80. The maximum absolute atomic E-state index is 12.7. The molecule has 0 bridgehead atoms. The van der Waals surface area contributed by atoms with Crippen LogP contribution in [0.1, 0.15) is 25.7 Å². The van der Waals surface area contributed by atoms with Crippen molar-refractivity contribution in [2.75, 3.05) is 6.54 Å². The van der Waals surface area contributed by atoms with Crippen molar-refractivity contribution >= 4 is 39.2 Å². The zero-order chi connectivity index (χ0) is 15.6. The lowest BCUT2D eigenvalue weighted by Crippen LogP contribution is -2.42. The third-order valence-electron chi connectivity index (χ3n) is 3.47. The van der Waals surface area contributed by atoms with Crippen molar-refractivity contribution < 1.29 is 18.3 Å². The number of sulfonamides is 1. The summed E-state index contributed by atoms with van der Waals surface area (Å²) >= 11 is 11.7. The number of rotatable bonds is 5. The van der Waals surface area contributed by atoms with Crippen LogP contribution in [0.2, 0.25) is 10.0 Å². The zero-order valence-corrected chi connectivity index (χ0v) is 13.5. The molecule has 0 spiro atoms. The van der Waals surface area contributed by atoms with Gasteiger partial charge in [0.15, 0.2) is 0 Å². The molecule has 1 aromatic rings. The molecule has 1 aromatic carbocycles.